The summed E-state index contributed by atoms with van der Waals surface area (Å²) in [4.78, 5) is 19.8. The monoisotopic (exact) mass is 311 g/mol. The number of hydrogen-bond acceptors (Lipinski definition) is 4. The van der Waals surface area contributed by atoms with E-state index in [-0.39, 0.29) is 18.7 Å². The van der Waals surface area contributed by atoms with Crippen molar-refractivity contribution in [2.75, 3.05) is 19.7 Å². The summed E-state index contributed by atoms with van der Waals surface area (Å²) in [6.07, 6.45) is 2.69. The van der Waals surface area contributed by atoms with Crippen molar-refractivity contribution in [3.05, 3.63) is 15.6 Å². The molecule has 1 aliphatic heterocycles. The molecule has 0 aliphatic carbocycles. The highest BCUT2D eigenvalue weighted by molar-refractivity contribution is 7.11. The maximum atomic E-state index is 12.2. The lowest BCUT2D eigenvalue weighted by Crippen LogP contribution is -2.46. The quantitative estimate of drug-likeness (QED) is 0.874. The third-order valence-electron chi connectivity index (χ3n) is 4.22. The number of aryl methyl sites for hydroxylation is 2. The van der Waals surface area contributed by atoms with Crippen LogP contribution in [0.25, 0.3) is 0 Å². The Morgan fingerprint density at radius 1 is 1.57 bits per heavy atom. The summed E-state index contributed by atoms with van der Waals surface area (Å²) < 4.78 is 0. The van der Waals surface area contributed by atoms with Crippen LogP contribution in [-0.4, -0.2) is 46.8 Å². The Balaban J connectivity index is 1.81. The predicted octanol–water partition coefficient (Wildman–Crippen LogP) is 1.97. The van der Waals surface area contributed by atoms with E-state index >= 15 is 0 Å². The fourth-order valence-corrected chi connectivity index (χ4v) is 3.86. The SMILES string of the molecule is CCc1nc(CCNC(=O)N2CC[C@H](C)[C@H]2CO)sc1C. The molecule has 0 unspecified atom stereocenters. The Kier molecular flexibility index (Phi) is 5.58. The van der Waals surface area contributed by atoms with E-state index < -0.39 is 0 Å². The number of carbonyl (C=O) groups is 1. The minimum Gasteiger partial charge on any atom is -0.394 e. The Morgan fingerprint density at radius 2 is 2.33 bits per heavy atom. The average molecular weight is 311 g/mol. The summed E-state index contributed by atoms with van der Waals surface area (Å²) in [5.41, 5.74) is 1.16. The Labute approximate surface area is 130 Å². The molecule has 2 atom stereocenters. The van der Waals surface area contributed by atoms with E-state index in [1.807, 2.05) is 0 Å². The Morgan fingerprint density at radius 3 is 2.95 bits per heavy atom. The van der Waals surface area contributed by atoms with Crippen molar-refractivity contribution in [3.8, 4) is 0 Å². The van der Waals surface area contributed by atoms with Crippen molar-refractivity contribution < 1.29 is 9.90 Å². The molecule has 1 aliphatic rings. The van der Waals surface area contributed by atoms with Gasteiger partial charge in [-0.25, -0.2) is 9.78 Å². The second kappa shape index (κ2) is 7.22. The zero-order valence-electron chi connectivity index (χ0n) is 13.1. The molecule has 118 valence electrons. The van der Waals surface area contributed by atoms with Gasteiger partial charge in [0.05, 0.1) is 23.4 Å². The molecule has 2 amide bonds. The molecule has 2 rings (SSSR count). The van der Waals surface area contributed by atoms with E-state index in [4.69, 9.17) is 0 Å². The fourth-order valence-electron chi connectivity index (χ4n) is 2.84. The van der Waals surface area contributed by atoms with E-state index in [1.165, 1.54) is 4.88 Å². The number of nitrogens with zero attached hydrogens (tertiary/aromatic N) is 2. The molecule has 0 radical (unpaired) electrons. The molecule has 1 aromatic rings. The molecular weight excluding hydrogens is 286 g/mol. The number of aromatic nitrogens is 1. The standard InChI is InChI=1S/C15H25N3O2S/c1-4-12-11(3)21-14(17-12)5-7-16-15(20)18-8-6-10(2)13(18)9-19/h10,13,19H,4-9H2,1-3H3,(H,16,20)/t10-,13+/m0/s1. The van der Waals surface area contributed by atoms with Gasteiger partial charge < -0.3 is 15.3 Å². The first-order chi connectivity index (χ1) is 10.1. The van der Waals surface area contributed by atoms with Crippen LogP contribution in [0.2, 0.25) is 0 Å². The number of rotatable bonds is 5. The van der Waals surface area contributed by atoms with E-state index in [1.54, 1.807) is 16.2 Å². The molecule has 0 spiro atoms. The first kappa shape index (κ1) is 16.2. The minimum absolute atomic E-state index is 0.0418. The molecule has 5 nitrogen and oxygen atoms in total. The highest BCUT2D eigenvalue weighted by Gasteiger charge is 2.33. The summed E-state index contributed by atoms with van der Waals surface area (Å²) in [7, 11) is 0. The molecule has 2 heterocycles. The molecule has 21 heavy (non-hydrogen) atoms. The summed E-state index contributed by atoms with van der Waals surface area (Å²) >= 11 is 1.71. The third-order valence-corrected chi connectivity index (χ3v) is 5.29. The Bertz CT molecular complexity index is 489. The second-order valence-corrected chi connectivity index (χ2v) is 6.94. The predicted molar refractivity (Wildman–Crippen MR) is 84.7 cm³/mol. The number of likely N-dealkylation sites (tertiary alicyclic amines) is 1. The number of nitrogens with one attached hydrogen (secondary N) is 1. The molecule has 6 heteroatoms. The number of urea groups is 1. The minimum atomic E-state index is -0.0672. The number of carbonyl (C=O) groups excluding carboxylic acids is 1. The highest BCUT2D eigenvalue weighted by Crippen LogP contribution is 2.23. The Hall–Kier alpha value is -1.14. The van der Waals surface area contributed by atoms with Crippen molar-refractivity contribution >= 4 is 17.4 Å². The molecule has 2 N–H and O–H groups in total. The van der Waals surface area contributed by atoms with Gasteiger partial charge >= 0.3 is 6.03 Å². The van der Waals surface area contributed by atoms with Gasteiger partial charge in [0.15, 0.2) is 0 Å². The lowest BCUT2D eigenvalue weighted by Gasteiger charge is -2.25. The normalized spacial score (nSPS) is 21.8. The van der Waals surface area contributed by atoms with Crippen molar-refractivity contribution in [2.45, 2.75) is 46.1 Å². The molecule has 0 aromatic carbocycles. The zero-order valence-corrected chi connectivity index (χ0v) is 13.9. The van der Waals surface area contributed by atoms with E-state index in [0.29, 0.717) is 12.5 Å². The van der Waals surface area contributed by atoms with E-state index in [9.17, 15) is 9.90 Å². The molecule has 1 aromatic heterocycles. The zero-order chi connectivity index (χ0) is 15.4. The summed E-state index contributed by atoms with van der Waals surface area (Å²) in [6, 6.07) is -0.110. The van der Waals surface area contributed by atoms with Crippen LogP contribution in [0.1, 0.15) is 35.8 Å². The number of amides is 2. The molecule has 0 bridgehead atoms. The van der Waals surface area contributed by atoms with Crippen LogP contribution in [-0.2, 0) is 12.8 Å². The summed E-state index contributed by atoms with van der Waals surface area (Å²) in [5, 5.41) is 13.4. The van der Waals surface area contributed by atoms with Crippen LogP contribution in [0.15, 0.2) is 0 Å². The van der Waals surface area contributed by atoms with Gasteiger partial charge in [0.1, 0.15) is 0 Å². The van der Waals surface area contributed by atoms with Crippen LogP contribution >= 0.6 is 11.3 Å². The summed E-state index contributed by atoms with van der Waals surface area (Å²) in [5.74, 6) is 0.370. The lowest BCUT2D eigenvalue weighted by molar-refractivity contribution is 0.144. The molecular formula is C15H25N3O2S. The summed E-state index contributed by atoms with van der Waals surface area (Å²) in [6.45, 7) is 7.65. The van der Waals surface area contributed by atoms with Gasteiger partial charge in [0, 0.05) is 24.4 Å². The highest BCUT2D eigenvalue weighted by atomic mass is 32.1. The molecule has 1 fully saturated rings. The maximum Gasteiger partial charge on any atom is 0.317 e. The van der Waals surface area contributed by atoms with Crippen LogP contribution in [0.3, 0.4) is 0 Å². The number of hydrogen-bond donors (Lipinski definition) is 2. The number of aliphatic hydroxyl groups is 1. The van der Waals surface area contributed by atoms with Gasteiger partial charge in [0.2, 0.25) is 0 Å². The van der Waals surface area contributed by atoms with Gasteiger partial charge in [-0.3, -0.25) is 0 Å². The lowest BCUT2D eigenvalue weighted by atomic mass is 10.0. The second-order valence-electron chi connectivity index (χ2n) is 5.66. The van der Waals surface area contributed by atoms with Crippen LogP contribution in [0.5, 0.6) is 0 Å². The van der Waals surface area contributed by atoms with Crippen molar-refractivity contribution in [2.24, 2.45) is 5.92 Å². The third kappa shape index (κ3) is 3.74. The van der Waals surface area contributed by atoms with E-state index in [0.717, 1.165) is 36.5 Å². The van der Waals surface area contributed by atoms with Gasteiger partial charge in [-0.05, 0) is 25.7 Å². The van der Waals surface area contributed by atoms with E-state index in [2.05, 4.69) is 31.1 Å². The first-order valence-electron chi connectivity index (χ1n) is 7.67. The van der Waals surface area contributed by atoms with Gasteiger partial charge in [-0.15, -0.1) is 11.3 Å². The topological polar surface area (TPSA) is 65.5 Å². The van der Waals surface area contributed by atoms with Gasteiger partial charge in [-0.1, -0.05) is 13.8 Å². The average Bonchev–Trinajstić information content (AvgIpc) is 3.01. The smallest absolute Gasteiger partial charge is 0.317 e. The van der Waals surface area contributed by atoms with Gasteiger partial charge in [-0.2, -0.15) is 0 Å². The fraction of sp³-hybridized carbons (Fsp3) is 0.733. The van der Waals surface area contributed by atoms with Crippen LogP contribution in [0.4, 0.5) is 4.79 Å². The first-order valence-corrected chi connectivity index (χ1v) is 8.49. The molecule has 0 saturated carbocycles. The molecule has 1 saturated heterocycles. The number of aliphatic hydroxyl groups excluding tert-OH is 1. The number of thiazole rings is 1. The van der Waals surface area contributed by atoms with Crippen LogP contribution < -0.4 is 5.32 Å². The maximum absolute atomic E-state index is 12.2. The largest absolute Gasteiger partial charge is 0.394 e. The van der Waals surface area contributed by atoms with Crippen LogP contribution in [0, 0.1) is 12.8 Å². The van der Waals surface area contributed by atoms with Crippen molar-refractivity contribution in [1.82, 2.24) is 15.2 Å². The van der Waals surface area contributed by atoms with Gasteiger partial charge in [0.25, 0.3) is 0 Å². The van der Waals surface area contributed by atoms with Crippen molar-refractivity contribution in [3.63, 3.8) is 0 Å². The van der Waals surface area contributed by atoms with Crippen molar-refractivity contribution in [1.29, 1.82) is 0 Å².